The van der Waals surface area contributed by atoms with E-state index in [0.29, 0.717) is 17.6 Å². The molecule has 0 aliphatic heterocycles. The van der Waals surface area contributed by atoms with Crippen molar-refractivity contribution in [3.63, 3.8) is 0 Å². The molecule has 2 aliphatic rings. The Morgan fingerprint density at radius 3 is 2.71 bits per heavy atom. The number of fused-ring (bicyclic) bond motifs is 2. The Morgan fingerprint density at radius 2 is 2.08 bits per heavy atom. The molecular weight excluding hydrogens is 328 g/mol. The van der Waals surface area contributed by atoms with Gasteiger partial charge >= 0.3 is 6.03 Å². The molecule has 24 heavy (non-hydrogen) atoms. The third-order valence-corrected chi connectivity index (χ3v) is 6.16. The molecule has 0 spiro atoms. The molecule has 3 atom stereocenters. The normalized spacial score (nSPS) is 25.7. The number of rotatable bonds is 5. The number of pyridine rings is 1. The van der Waals surface area contributed by atoms with Crippen molar-refractivity contribution in [2.24, 2.45) is 11.8 Å². The van der Waals surface area contributed by atoms with Gasteiger partial charge in [-0.25, -0.2) is 17.9 Å². The summed E-state index contributed by atoms with van der Waals surface area (Å²) < 4.78 is 27.1. The van der Waals surface area contributed by atoms with Crippen LogP contribution in [0, 0.1) is 11.8 Å². The number of hydrogen-bond acceptors (Lipinski definition) is 5. The molecule has 2 aliphatic carbocycles. The molecule has 7 nitrogen and oxygen atoms in total. The van der Waals surface area contributed by atoms with Gasteiger partial charge in [0.1, 0.15) is 4.90 Å². The molecule has 0 radical (unpaired) electrons. The van der Waals surface area contributed by atoms with Gasteiger partial charge < -0.3 is 10.6 Å². The van der Waals surface area contributed by atoms with E-state index in [9.17, 15) is 13.2 Å². The number of sulfonamides is 1. The zero-order valence-electron chi connectivity index (χ0n) is 14.0. The Labute approximate surface area is 142 Å². The minimum Gasteiger partial charge on any atom is -0.381 e. The van der Waals surface area contributed by atoms with Gasteiger partial charge in [-0.1, -0.05) is 6.42 Å². The number of hydrogen-bond donors (Lipinski definition) is 3. The highest BCUT2D eigenvalue weighted by Gasteiger charge is 2.40. The van der Waals surface area contributed by atoms with Crippen LogP contribution in [0.25, 0.3) is 0 Å². The van der Waals surface area contributed by atoms with Gasteiger partial charge in [0.25, 0.3) is 10.0 Å². The van der Waals surface area contributed by atoms with Crippen LogP contribution in [-0.4, -0.2) is 31.5 Å². The maximum atomic E-state index is 12.5. The first kappa shape index (κ1) is 17.0. The number of nitrogens with one attached hydrogen (secondary N) is 3. The van der Waals surface area contributed by atoms with Gasteiger partial charge in [0.15, 0.2) is 0 Å². The molecule has 0 saturated heterocycles. The summed E-state index contributed by atoms with van der Waals surface area (Å²) in [6, 6.07) is 1.06. The summed E-state index contributed by atoms with van der Waals surface area (Å²) in [5, 5.41) is 5.88. The first-order valence-electron chi connectivity index (χ1n) is 8.39. The molecule has 0 aromatic carbocycles. The fourth-order valence-corrected chi connectivity index (χ4v) is 4.83. The Balaban J connectivity index is 1.77. The molecule has 1 aromatic rings. The number of carbonyl (C=O) groups is 1. The van der Waals surface area contributed by atoms with Crippen molar-refractivity contribution in [2.75, 3.05) is 5.32 Å². The Morgan fingerprint density at radius 1 is 1.29 bits per heavy atom. The van der Waals surface area contributed by atoms with E-state index in [1.807, 2.05) is 4.72 Å². The van der Waals surface area contributed by atoms with Gasteiger partial charge in [-0.05, 0) is 51.0 Å². The van der Waals surface area contributed by atoms with Crippen LogP contribution in [-0.2, 0) is 10.0 Å². The zero-order valence-corrected chi connectivity index (χ0v) is 14.8. The van der Waals surface area contributed by atoms with Gasteiger partial charge in [-0.15, -0.1) is 0 Å². The summed E-state index contributed by atoms with van der Waals surface area (Å²) in [4.78, 5) is 15.7. The highest BCUT2D eigenvalue weighted by Crippen LogP contribution is 2.45. The summed E-state index contributed by atoms with van der Waals surface area (Å²) in [7, 11) is -3.98. The Bertz CT molecular complexity index is 720. The van der Waals surface area contributed by atoms with Crippen molar-refractivity contribution in [1.29, 1.82) is 0 Å². The molecule has 1 heterocycles. The topological polar surface area (TPSA) is 100 Å². The summed E-state index contributed by atoms with van der Waals surface area (Å²) in [5.41, 5.74) is 0.507. The standard InChI is InChI=1S/C16H24N4O3S/c1-10(2)18-16(21)20-24(22,23)15-9-17-6-5-13(15)19-14-8-11-3-4-12(14)7-11/h5-6,9-12,14H,3-4,7-8H2,1-2H3,(H,17,19)(H2,18,20,21)/t11-,12-,14+/m1/s1. The highest BCUT2D eigenvalue weighted by atomic mass is 32.2. The molecular formula is C16H24N4O3S. The molecule has 3 N–H and O–H groups in total. The summed E-state index contributed by atoms with van der Waals surface area (Å²) >= 11 is 0. The summed E-state index contributed by atoms with van der Waals surface area (Å²) in [6.45, 7) is 3.52. The fraction of sp³-hybridized carbons (Fsp3) is 0.625. The van der Waals surface area contributed by atoms with E-state index in [0.717, 1.165) is 12.3 Å². The first-order valence-corrected chi connectivity index (χ1v) is 9.87. The molecule has 2 saturated carbocycles. The van der Waals surface area contributed by atoms with E-state index in [1.165, 1.54) is 25.5 Å². The van der Waals surface area contributed by atoms with Gasteiger partial charge in [-0.2, -0.15) is 0 Å². The van der Waals surface area contributed by atoms with Crippen molar-refractivity contribution in [1.82, 2.24) is 15.0 Å². The lowest BCUT2D eigenvalue weighted by molar-refractivity contribution is 0.243. The number of anilines is 1. The van der Waals surface area contributed by atoms with Crippen molar-refractivity contribution >= 4 is 21.7 Å². The van der Waals surface area contributed by atoms with Crippen LogP contribution in [0.5, 0.6) is 0 Å². The van der Waals surface area contributed by atoms with Crippen LogP contribution in [0.2, 0.25) is 0 Å². The minimum atomic E-state index is -3.98. The average molecular weight is 352 g/mol. The lowest BCUT2D eigenvalue weighted by Gasteiger charge is -2.25. The predicted molar refractivity (Wildman–Crippen MR) is 91.1 cm³/mol. The minimum absolute atomic E-state index is 0.00618. The van der Waals surface area contributed by atoms with Crippen LogP contribution < -0.4 is 15.4 Å². The second-order valence-electron chi connectivity index (χ2n) is 7.03. The van der Waals surface area contributed by atoms with Gasteiger partial charge in [0.2, 0.25) is 0 Å². The second-order valence-corrected chi connectivity index (χ2v) is 8.68. The number of aromatic nitrogens is 1. The third-order valence-electron chi connectivity index (χ3n) is 4.80. The lowest BCUT2D eigenvalue weighted by Crippen LogP contribution is -2.42. The van der Waals surface area contributed by atoms with Crippen molar-refractivity contribution < 1.29 is 13.2 Å². The SMILES string of the molecule is CC(C)NC(=O)NS(=O)(=O)c1cnccc1N[C@H]1C[C@@H]2CC[C@@H]1C2. The molecule has 132 valence electrons. The molecule has 2 amide bonds. The second kappa shape index (κ2) is 6.58. The van der Waals surface area contributed by atoms with Crippen LogP contribution in [0.1, 0.15) is 39.5 Å². The maximum Gasteiger partial charge on any atom is 0.328 e. The fourth-order valence-electron chi connectivity index (χ4n) is 3.80. The van der Waals surface area contributed by atoms with E-state index in [2.05, 4.69) is 15.6 Å². The van der Waals surface area contributed by atoms with Crippen molar-refractivity contribution in [3.05, 3.63) is 18.5 Å². The molecule has 1 aromatic heterocycles. The Hall–Kier alpha value is -1.83. The number of carbonyl (C=O) groups excluding carboxylic acids is 1. The van der Waals surface area contributed by atoms with Crippen molar-refractivity contribution in [2.45, 2.75) is 56.5 Å². The zero-order chi connectivity index (χ0) is 17.3. The van der Waals surface area contributed by atoms with Crippen LogP contribution in [0.4, 0.5) is 10.5 Å². The third kappa shape index (κ3) is 3.63. The monoisotopic (exact) mass is 352 g/mol. The van der Waals surface area contributed by atoms with E-state index in [-0.39, 0.29) is 10.9 Å². The van der Waals surface area contributed by atoms with Crippen molar-refractivity contribution in [3.8, 4) is 0 Å². The molecule has 2 fully saturated rings. The van der Waals surface area contributed by atoms with E-state index in [1.54, 1.807) is 26.1 Å². The predicted octanol–water partition coefficient (Wildman–Crippen LogP) is 2.08. The first-order chi connectivity index (χ1) is 11.3. The number of urea groups is 1. The molecule has 3 rings (SSSR count). The van der Waals surface area contributed by atoms with Crippen LogP contribution in [0.3, 0.4) is 0 Å². The summed E-state index contributed by atoms with van der Waals surface area (Å²) in [6.07, 6.45) is 7.61. The van der Waals surface area contributed by atoms with E-state index >= 15 is 0 Å². The highest BCUT2D eigenvalue weighted by molar-refractivity contribution is 7.90. The van der Waals surface area contributed by atoms with E-state index < -0.39 is 16.1 Å². The largest absolute Gasteiger partial charge is 0.381 e. The number of amides is 2. The van der Waals surface area contributed by atoms with Gasteiger partial charge in [0.05, 0.1) is 5.69 Å². The molecule has 8 heteroatoms. The quantitative estimate of drug-likeness (QED) is 0.753. The van der Waals surface area contributed by atoms with Gasteiger partial charge in [-0.3, -0.25) is 4.98 Å². The maximum absolute atomic E-state index is 12.5. The summed E-state index contributed by atoms with van der Waals surface area (Å²) in [5.74, 6) is 1.36. The Kier molecular flexibility index (Phi) is 4.67. The molecule has 0 unspecified atom stereocenters. The lowest BCUT2D eigenvalue weighted by atomic mass is 9.95. The van der Waals surface area contributed by atoms with E-state index in [4.69, 9.17) is 0 Å². The van der Waals surface area contributed by atoms with Gasteiger partial charge in [0, 0.05) is 24.5 Å². The van der Waals surface area contributed by atoms with Crippen LogP contribution >= 0.6 is 0 Å². The molecule has 2 bridgehead atoms. The average Bonchev–Trinajstić information content (AvgIpc) is 3.08. The number of nitrogens with zero attached hydrogens (tertiary/aromatic N) is 1. The van der Waals surface area contributed by atoms with Crippen LogP contribution in [0.15, 0.2) is 23.4 Å². The smallest absolute Gasteiger partial charge is 0.328 e.